The zero-order chi connectivity index (χ0) is 26.9. The third-order valence-electron chi connectivity index (χ3n) is 5.05. The minimum absolute atomic E-state index is 0.100. The lowest BCUT2D eigenvalue weighted by Gasteiger charge is -2.09. The van der Waals surface area contributed by atoms with Gasteiger partial charge < -0.3 is 14.8 Å². The van der Waals surface area contributed by atoms with Crippen molar-refractivity contribution in [1.82, 2.24) is 5.43 Å². The topological polar surface area (TPSA) is 149 Å². The second kappa shape index (κ2) is 12.1. The van der Waals surface area contributed by atoms with Gasteiger partial charge in [0.2, 0.25) is 11.7 Å². The zero-order valence-corrected chi connectivity index (χ0v) is 20.3. The lowest BCUT2D eigenvalue weighted by Crippen LogP contribution is -2.19. The van der Waals surface area contributed by atoms with Crippen molar-refractivity contribution in [3.8, 4) is 11.5 Å². The molecular formula is C26H24N4O7. The largest absolute Gasteiger partial charge is 0.497 e. The molecule has 2 amide bonds. The molecule has 11 nitrogen and oxygen atoms in total. The van der Waals surface area contributed by atoms with Crippen LogP contribution in [-0.2, 0) is 4.79 Å². The molecule has 0 saturated heterocycles. The second-order valence-corrected chi connectivity index (χ2v) is 7.99. The highest BCUT2D eigenvalue weighted by Crippen LogP contribution is 2.31. The summed E-state index contributed by atoms with van der Waals surface area (Å²) in [5.74, 6) is -1.51. The first kappa shape index (κ1) is 26.5. The predicted molar refractivity (Wildman–Crippen MR) is 136 cm³/mol. The number of ether oxygens (including phenoxy) is 2. The van der Waals surface area contributed by atoms with E-state index in [0.717, 1.165) is 6.21 Å². The number of nitrogens with one attached hydrogen (secondary N) is 2. The molecular weight excluding hydrogens is 480 g/mol. The van der Waals surface area contributed by atoms with Crippen LogP contribution in [0, 0.1) is 16.0 Å². The number of rotatable bonds is 9. The first-order chi connectivity index (χ1) is 17.7. The summed E-state index contributed by atoms with van der Waals surface area (Å²) in [4.78, 5) is 47.7. The van der Waals surface area contributed by atoms with Gasteiger partial charge in [-0.2, -0.15) is 5.10 Å². The van der Waals surface area contributed by atoms with Crippen LogP contribution in [0.1, 0.15) is 40.1 Å². The molecule has 0 atom stereocenters. The number of hydrogen-bond acceptors (Lipinski definition) is 8. The van der Waals surface area contributed by atoms with Crippen LogP contribution < -0.4 is 20.2 Å². The van der Waals surface area contributed by atoms with Crippen LogP contribution in [-0.4, -0.2) is 36.0 Å². The van der Waals surface area contributed by atoms with E-state index in [2.05, 4.69) is 15.8 Å². The molecule has 0 saturated carbocycles. The number of methoxy groups -OCH3 is 1. The summed E-state index contributed by atoms with van der Waals surface area (Å²) in [7, 11) is 1.48. The minimum atomic E-state index is -0.819. The Balaban J connectivity index is 1.74. The highest BCUT2D eigenvalue weighted by molar-refractivity contribution is 5.97. The Morgan fingerprint density at radius 1 is 0.973 bits per heavy atom. The molecule has 0 radical (unpaired) electrons. The molecule has 0 aliphatic rings. The Bertz CT molecular complexity index is 1330. The summed E-state index contributed by atoms with van der Waals surface area (Å²) in [6, 6.07) is 16.2. The van der Waals surface area contributed by atoms with Crippen molar-refractivity contribution in [3.63, 3.8) is 0 Å². The zero-order valence-electron chi connectivity index (χ0n) is 20.3. The van der Waals surface area contributed by atoms with Crippen LogP contribution in [0.4, 0.5) is 11.4 Å². The molecule has 0 aliphatic heterocycles. The lowest BCUT2D eigenvalue weighted by atomic mass is 10.1. The van der Waals surface area contributed by atoms with Crippen molar-refractivity contribution in [2.45, 2.75) is 13.8 Å². The first-order valence-electron chi connectivity index (χ1n) is 11.1. The maximum atomic E-state index is 12.6. The fraction of sp³-hybridized carbons (Fsp3) is 0.154. The number of amides is 2. The number of hydrazone groups is 1. The highest BCUT2D eigenvalue weighted by Gasteiger charge is 2.22. The molecule has 190 valence electrons. The van der Waals surface area contributed by atoms with Crippen molar-refractivity contribution in [3.05, 3.63) is 93.5 Å². The quantitative estimate of drug-likeness (QED) is 0.146. The molecule has 0 spiro atoms. The van der Waals surface area contributed by atoms with E-state index in [1.807, 2.05) is 0 Å². The van der Waals surface area contributed by atoms with E-state index < -0.39 is 22.5 Å². The van der Waals surface area contributed by atoms with Gasteiger partial charge in [-0.15, -0.1) is 0 Å². The van der Waals surface area contributed by atoms with Gasteiger partial charge in [0.15, 0.2) is 0 Å². The molecule has 0 unspecified atom stereocenters. The normalized spacial score (nSPS) is 10.7. The summed E-state index contributed by atoms with van der Waals surface area (Å²) >= 11 is 0. The van der Waals surface area contributed by atoms with Crippen LogP contribution in [0.5, 0.6) is 11.5 Å². The number of hydrogen-bond donors (Lipinski definition) is 2. The maximum Gasteiger partial charge on any atom is 0.343 e. The van der Waals surface area contributed by atoms with Crippen molar-refractivity contribution in [1.29, 1.82) is 0 Å². The number of carbonyl (C=O) groups is 3. The van der Waals surface area contributed by atoms with Gasteiger partial charge in [-0.05, 0) is 54.6 Å². The Morgan fingerprint density at radius 3 is 2.22 bits per heavy atom. The van der Waals surface area contributed by atoms with Gasteiger partial charge in [0.1, 0.15) is 5.75 Å². The molecule has 2 N–H and O–H groups in total. The fourth-order valence-electron chi connectivity index (χ4n) is 2.99. The van der Waals surface area contributed by atoms with Gasteiger partial charge in [0, 0.05) is 28.8 Å². The van der Waals surface area contributed by atoms with Crippen LogP contribution in [0.2, 0.25) is 0 Å². The molecule has 37 heavy (non-hydrogen) atoms. The van der Waals surface area contributed by atoms with Gasteiger partial charge >= 0.3 is 11.7 Å². The third-order valence-corrected chi connectivity index (χ3v) is 5.05. The minimum Gasteiger partial charge on any atom is -0.497 e. The Labute approximate surface area is 212 Å². The van der Waals surface area contributed by atoms with Gasteiger partial charge in [0.05, 0.1) is 23.8 Å². The smallest absolute Gasteiger partial charge is 0.343 e. The van der Waals surface area contributed by atoms with E-state index in [9.17, 15) is 24.5 Å². The Hall–Kier alpha value is -5.06. The standard InChI is InChI=1S/C26H24N4O7/c1-16(2)24(31)28-20-11-7-17(8-12-20)25(32)29-27-15-19-5-4-6-22(30(34)35)23(19)37-26(33)18-9-13-21(36-3)14-10-18/h4-16H,1-3H3,(H,28,31)(H,29,32)/b27-15+. The van der Waals surface area contributed by atoms with E-state index in [0.29, 0.717) is 11.4 Å². The van der Waals surface area contributed by atoms with Crippen molar-refractivity contribution in [2.75, 3.05) is 12.4 Å². The Morgan fingerprint density at radius 2 is 1.62 bits per heavy atom. The molecule has 0 bridgehead atoms. The number of carbonyl (C=O) groups excluding carboxylic acids is 3. The molecule has 0 aromatic heterocycles. The van der Waals surface area contributed by atoms with Crippen LogP contribution in [0.3, 0.4) is 0 Å². The number of nitro groups is 1. The van der Waals surface area contributed by atoms with Crippen LogP contribution in [0.15, 0.2) is 71.8 Å². The Kier molecular flexibility index (Phi) is 8.66. The fourth-order valence-corrected chi connectivity index (χ4v) is 2.99. The summed E-state index contributed by atoms with van der Waals surface area (Å²) in [5, 5.41) is 18.1. The molecule has 3 rings (SSSR count). The third kappa shape index (κ3) is 6.98. The predicted octanol–water partition coefficient (Wildman–Crippen LogP) is 4.18. The highest BCUT2D eigenvalue weighted by atomic mass is 16.6. The maximum absolute atomic E-state index is 12.6. The number of esters is 1. The summed E-state index contributed by atoms with van der Waals surface area (Å²) in [6.45, 7) is 3.53. The molecule has 3 aromatic rings. The van der Waals surface area contributed by atoms with E-state index in [1.54, 1.807) is 38.1 Å². The van der Waals surface area contributed by atoms with Crippen LogP contribution >= 0.6 is 0 Å². The van der Waals surface area contributed by atoms with Gasteiger partial charge in [-0.25, -0.2) is 10.2 Å². The van der Waals surface area contributed by atoms with E-state index in [-0.39, 0.29) is 34.3 Å². The van der Waals surface area contributed by atoms with E-state index >= 15 is 0 Å². The van der Waals surface area contributed by atoms with Crippen molar-refractivity contribution in [2.24, 2.45) is 11.0 Å². The number of benzene rings is 3. The number of para-hydroxylation sites is 1. The molecule has 0 fully saturated rings. The number of anilines is 1. The van der Waals surface area contributed by atoms with Crippen molar-refractivity contribution >= 4 is 35.4 Å². The van der Waals surface area contributed by atoms with E-state index in [4.69, 9.17) is 9.47 Å². The monoisotopic (exact) mass is 504 g/mol. The number of nitrogens with zero attached hydrogens (tertiary/aromatic N) is 2. The average molecular weight is 504 g/mol. The molecule has 11 heteroatoms. The van der Waals surface area contributed by atoms with Gasteiger partial charge in [0.25, 0.3) is 5.91 Å². The SMILES string of the molecule is COc1ccc(C(=O)Oc2c(/C=N/NC(=O)c3ccc(NC(=O)C(C)C)cc3)cccc2[N+](=O)[O-])cc1. The molecule has 3 aromatic carbocycles. The van der Waals surface area contributed by atoms with Crippen molar-refractivity contribution < 1.29 is 28.8 Å². The summed E-state index contributed by atoms with van der Waals surface area (Å²) in [5.41, 5.74) is 2.94. The molecule has 0 heterocycles. The first-order valence-corrected chi connectivity index (χ1v) is 11.1. The molecule has 0 aliphatic carbocycles. The van der Waals surface area contributed by atoms with Crippen LogP contribution in [0.25, 0.3) is 0 Å². The average Bonchev–Trinajstić information content (AvgIpc) is 2.89. The second-order valence-electron chi connectivity index (χ2n) is 7.99. The lowest BCUT2D eigenvalue weighted by molar-refractivity contribution is -0.385. The number of nitro benzene ring substituents is 1. The summed E-state index contributed by atoms with van der Waals surface area (Å²) in [6.07, 6.45) is 1.14. The summed E-state index contributed by atoms with van der Waals surface area (Å²) < 4.78 is 10.4. The van der Waals surface area contributed by atoms with Gasteiger partial charge in [-0.3, -0.25) is 19.7 Å². The van der Waals surface area contributed by atoms with E-state index in [1.165, 1.54) is 49.6 Å². The van der Waals surface area contributed by atoms with Gasteiger partial charge in [-0.1, -0.05) is 19.9 Å².